The Morgan fingerprint density at radius 3 is 2.14 bits per heavy atom. The van der Waals surface area contributed by atoms with Gasteiger partial charge in [-0.25, -0.2) is 0 Å². The monoisotopic (exact) mass is 558 g/mol. The zero-order valence-electron chi connectivity index (χ0n) is 19.6. The third-order valence-corrected chi connectivity index (χ3v) is 7.31. The molecule has 5 rings (SSSR count). The molecule has 4 aromatic rings. The third kappa shape index (κ3) is 4.69. The molecule has 180 valence electrons. The lowest BCUT2D eigenvalue weighted by Gasteiger charge is -2.43. The Hall–Kier alpha value is -3.41. The van der Waals surface area contributed by atoms with Gasteiger partial charge >= 0.3 is 0 Å². The molecule has 1 heterocycles. The van der Waals surface area contributed by atoms with Crippen LogP contribution in [0.2, 0.25) is 5.02 Å². The van der Waals surface area contributed by atoms with Gasteiger partial charge in [-0.2, -0.15) is 0 Å². The molecule has 2 amide bonds. The van der Waals surface area contributed by atoms with Crippen LogP contribution in [0.15, 0.2) is 108 Å². The Balaban J connectivity index is 1.60. The molecule has 2 atom stereocenters. The number of rotatable bonds is 4. The predicted molar refractivity (Wildman–Crippen MR) is 149 cm³/mol. The topological polar surface area (TPSA) is 40.6 Å². The summed E-state index contributed by atoms with van der Waals surface area (Å²) in [6, 6.07) is 31.6. The van der Waals surface area contributed by atoms with Crippen LogP contribution < -0.4 is 9.80 Å². The van der Waals surface area contributed by atoms with Crippen LogP contribution in [0.5, 0.6) is 0 Å². The zero-order chi connectivity index (χ0) is 25.2. The van der Waals surface area contributed by atoms with Gasteiger partial charge in [-0.1, -0.05) is 63.9 Å². The number of carbonyl (C=O) groups is 2. The molecule has 4 nitrogen and oxygen atoms in total. The Morgan fingerprint density at radius 1 is 0.833 bits per heavy atom. The van der Waals surface area contributed by atoms with Crippen LogP contribution in [0.1, 0.15) is 45.7 Å². The first-order valence-corrected chi connectivity index (χ1v) is 12.9. The first-order valence-electron chi connectivity index (χ1n) is 11.8. The summed E-state index contributed by atoms with van der Waals surface area (Å²) in [5, 5.41) is 0.587. The van der Waals surface area contributed by atoms with Gasteiger partial charge in [0.1, 0.15) is 0 Å². The molecule has 0 N–H and O–H groups in total. The molecule has 6 heteroatoms. The van der Waals surface area contributed by atoms with E-state index in [0.29, 0.717) is 22.6 Å². The average molecular weight is 560 g/mol. The van der Waals surface area contributed by atoms with E-state index in [1.54, 1.807) is 24.3 Å². The molecule has 0 saturated heterocycles. The first kappa shape index (κ1) is 24.3. The second kappa shape index (κ2) is 10.3. The molecule has 1 aliphatic heterocycles. The van der Waals surface area contributed by atoms with Crippen molar-refractivity contribution in [1.82, 2.24) is 0 Å². The molecule has 4 aromatic carbocycles. The number of fused-ring (bicyclic) bond motifs is 1. The molecular weight excluding hydrogens is 536 g/mol. The van der Waals surface area contributed by atoms with Gasteiger partial charge in [-0.3, -0.25) is 9.59 Å². The smallest absolute Gasteiger partial charge is 0.258 e. The van der Waals surface area contributed by atoms with Gasteiger partial charge in [-0.05, 0) is 85.6 Å². The van der Waals surface area contributed by atoms with Crippen molar-refractivity contribution in [2.45, 2.75) is 25.4 Å². The molecule has 36 heavy (non-hydrogen) atoms. The fourth-order valence-electron chi connectivity index (χ4n) is 4.83. The molecule has 0 bridgehead atoms. The number of amides is 2. The number of halogens is 2. The molecule has 0 spiro atoms. The van der Waals surface area contributed by atoms with Crippen LogP contribution in [0, 0.1) is 0 Å². The van der Waals surface area contributed by atoms with Crippen LogP contribution in [0.4, 0.5) is 11.4 Å². The van der Waals surface area contributed by atoms with Crippen molar-refractivity contribution in [3.63, 3.8) is 0 Å². The SMILES string of the molecule is C[C@@H]1C[C@H](N(C(=O)c2ccc(Br)cc2)c2ccccc2)c2ccccc2N1C(=O)c1ccc(Cl)cc1. The van der Waals surface area contributed by atoms with E-state index in [1.165, 1.54) is 0 Å². The van der Waals surface area contributed by atoms with Gasteiger partial charge in [0.2, 0.25) is 0 Å². The van der Waals surface area contributed by atoms with Crippen LogP contribution in [0.3, 0.4) is 0 Å². The fourth-order valence-corrected chi connectivity index (χ4v) is 5.22. The maximum Gasteiger partial charge on any atom is 0.258 e. The highest BCUT2D eigenvalue weighted by Crippen LogP contribution is 2.43. The highest BCUT2D eigenvalue weighted by atomic mass is 79.9. The Bertz CT molecular complexity index is 1390. The maximum absolute atomic E-state index is 14.0. The number of para-hydroxylation sites is 2. The lowest BCUT2D eigenvalue weighted by atomic mass is 9.89. The summed E-state index contributed by atoms with van der Waals surface area (Å²) in [6.07, 6.45) is 0.591. The van der Waals surface area contributed by atoms with Crippen molar-refractivity contribution in [2.24, 2.45) is 0 Å². The van der Waals surface area contributed by atoms with Crippen LogP contribution in [-0.4, -0.2) is 17.9 Å². The van der Waals surface area contributed by atoms with Crippen LogP contribution >= 0.6 is 27.5 Å². The highest BCUT2D eigenvalue weighted by Gasteiger charge is 2.39. The van der Waals surface area contributed by atoms with Gasteiger partial charge < -0.3 is 9.80 Å². The molecule has 0 saturated carbocycles. The third-order valence-electron chi connectivity index (χ3n) is 6.53. The molecule has 0 unspecified atom stereocenters. The Labute approximate surface area is 224 Å². The van der Waals surface area contributed by atoms with E-state index >= 15 is 0 Å². The van der Waals surface area contributed by atoms with Crippen molar-refractivity contribution in [1.29, 1.82) is 0 Å². The van der Waals surface area contributed by atoms with Crippen molar-refractivity contribution >= 4 is 50.7 Å². The zero-order valence-corrected chi connectivity index (χ0v) is 22.0. The van der Waals surface area contributed by atoms with Crippen molar-refractivity contribution in [2.75, 3.05) is 9.80 Å². The lowest BCUT2D eigenvalue weighted by Crippen LogP contribution is -2.47. The molecule has 0 aliphatic carbocycles. The fraction of sp³-hybridized carbons (Fsp3) is 0.133. The van der Waals surface area contributed by atoms with E-state index in [1.807, 2.05) is 95.6 Å². The quantitative estimate of drug-likeness (QED) is 0.255. The minimum Gasteiger partial charge on any atom is -0.305 e. The number of carbonyl (C=O) groups excluding carboxylic acids is 2. The van der Waals surface area contributed by atoms with Crippen molar-refractivity contribution in [3.05, 3.63) is 129 Å². The van der Waals surface area contributed by atoms with Crippen LogP contribution in [-0.2, 0) is 0 Å². The summed E-state index contributed by atoms with van der Waals surface area (Å²) in [4.78, 5) is 31.3. The summed E-state index contributed by atoms with van der Waals surface area (Å²) < 4.78 is 0.915. The van der Waals surface area contributed by atoms with E-state index in [4.69, 9.17) is 11.6 Å². The second-order valence-electron chi connectivity index (χ2n) is 8.86. The van der Waals surface area contributed by atoms with Gasteiger partial charge in [0.15, 0.2) is 0 Å². The van der Waals surface area contributed by atoms with E-state index in [9.17, 15) is 9.59 Å². The molecule has 0 aromatic heterocycles. The number of nitrogens with zero attached hydrogens (tertiary/aromatic N) is 2. The van der Waals surface area contributed by atoms with E-state index in [-0.39, 0.29) is 23.9 Å². The lowest BCUT2D eigenvalue weighted by molar-refractivity contribution is 0.0965. The minimum absolute atomic E-state index is 0.0850. The van der Waals surface area contributed by atoms with Gasteiger partial charge in [0.25, 0.3) is 11.8 Å². The summed E-state index contributed by atoms with van der Waals surface area (Å²) in [7, 11) is 0. The predicted octanol–water partition coefficient (Wildman–Crippen LogP) is 7.93. The standard InChI is InChI=1S/C30H24BrClN2O2/c1-20-19-28(34(25-7-3-2-4-8-25)30(36)21-11-15-23(31)16-12-21)26-9-5-6-10-27(26)33(20)29(35)22-13-17-24(32)18-14-22/h2-18,20,28H,19H2,1H3/t20-,28+/m1/s1. The van der Waals surface area contributed by atoms with Crippen molar-refractivity contribution in [3.8, 4) is 0 Å². The minimum atomic E-state index is -0.246. The Morgan fingerprint density at radius 2 is 1.44 bits per heavy atom. The van der Waals surface area contributed by atoms with Gasteiger partial charge in [0.05, 0.1) is 6.04 Å². The summed E-state index contributed by atoms with van der Waals surface area (Å²) in [6.45, 7) is 2.03. The van der Waals surface area contributed by atoms with E-state index in [2.05, 4.69) is 15.9 Å². The largest absolute Gasteiger partial charge is 0.305 e. The number of anilines is 2. The molecule has 1 aliphatic rings. The normalized spacial score (nSPS) is 16.8. The van der Waals surface area contributed by atoms with Crippen LogP contribution in [0.25, 0.3) is 0 Å². The summed E-state index contributed by atoms with van der Waals surface area (Å²) in [5.74, 6) is -0.172. The molecule has 0 fully saturated rings. The Kier molecular flexibility index (Phi) is 6.95. The second-order valence-corrected chi connectivity index (χ2v) is 10.2. The number of benzene rings is 4. The number of hydrogen-bond acceptors (Lipinski definition) is 2. The van der Waals surface area contributed by atoms with E-state index in [0.717, 1.165) is 21.4 Å². The van der Waals surface area contributed by atoms with Gasteiger partial charge in [0, 0.05) is 38.0 Å². The average Bonchev–Trinajstić information content (AvgIpc) is 2.90. The maximum atomic E-state index is 14.0. The highest BCUT2D eigenvalue weighted by molar-refractivity contribution is 9.10. The summed E-state index contributed by atoms with van der Waals surface area (Å²) in [5.41, 5.74) is 3.74. The first-order chi connectivity index (χ1) is 17.4. The van der Waals surface area contributed by atoms with Crippen molar-refractivity contribution < 1.29 is 9.59 Å². The number of hydrogen-bond donors (Lipinski definition) is 0. The molecule has 0 radical (unpaired) electrons. The molecular formula is C30H24BrClN2O2. The van der Waals surface area contributed by atoms with Gasteiger partial charge in [-0.15, -0.1) is 0 Å². The van der Waals surface area contributed by atoms with E-state index < -0.39 is 0 Å². The summed E-state index contributed by atoms with van der Waals surface area (Å²) >= 11 is 9.50.